The van der Waals surface area contributed by atoms with Crippen LogP contribution < -0.4 is 5.32 Å². The number of carboxylic acid groups (broad SMARTS) is 1. The Hall–Kier alpha value is -2.88. The lowest BCUT2D eigenvalue weighted by Crippen LogP contribution is -2.15. The molecule has 0 unspecified atom stereocenters. The maximum atomic E-state index is 11.8. The van der Waals surface area contributed by atoms with Crippen LogP contribution in [0.3, 0.4) is 0 Å². The Bertz CT molecular complexity index is 685. The lowest BCUT2D eigenvalue weighted by atomic mass is 10.1. The molecule has 2 aromatic rings. The summed E-state index contributed by atoms with van der Waals surface area (Å²) in [5.41, 5.74) is -0.767. The van der Waals surface area contributed by atoms with Gasteiger partial charge >= 0.3 is 5.97 Å². The van der Waals surface area contributed by atoms with Crippen molar-refractivity contribution in [1.82, 2.24) is 9.59 Å². The van der Waals surface area contributed by atoms with Crippen LogP contribution in [0.2, 0.25) is 0 Å². The minimum absolute atomic E-state index is 0.00200. The van der Waals surface area contributed by atoms with E-state index in [0.29, 0.717) is 0 Å². The van der Waals surface area contributed by atoms with Crippen molar-refractivity contribution in [3.8, 4) is 0 Å². The molecule has 20 heavy (non-hydrogen) atoms. The smallest absolute Gasteiger partial charge is 0.337 e. The monoisotopic (exact) mass is 294 g/mol. The first kappa shape index (κ1) is 13.5. The van der Waals surface area contributed by atoms with Crippen LogP contribution in [0.25, 0.3) is 0 Å². The molecule has 102 valence electrons. The number of hydrogen-bond donors (Lipinski definition) is 2. The highest BCUT2D eigenvalue weighted by Gasteiger charge is 2.18. The van der Waals surface area contributed by atoms with Crippen LogP contribution in [0.4, 0.5) is 11.4 Å². The number of nitro groups is 1. The highest BCUT2D eigenvalue weighted by molar-refractivity contribution is 7.03. The average molecular weight is 294 g/mol. The Labute approximate surface area is 115 Å². The van der Waals surface area contributed by atoms with E-state index in [1.807, 2.05) is 0 Å². The topological polar surface area (TPSA) is 135 Å². The molecule has 0 radical (unpaired) electrons. The molecule has 1 aromatic carbocycles. The number of nitrogens with zero attached hydrogens (tertiary/aromatic N) is 3. The van der Waals surface area contributed by atoms with Gasteiger partial charge in [0.15, 0.2) is 5.69 Å². The molecular formula is C10H6N4O5S. The van der Waals surface area contributed by atoms with Crippen LogP contribution >= 0.6 is 11.5 Å². The maximum absolute atomic E-state index is 11.8. The van der Waals surface area contributed by atoms with Crippen molar-refractivity contribution < 1.29 is 19.6 Å². The summed E-state index contributed by atoms with van der Waals surface area (Å²) in [4.78, 5) is 32.8. The molecule has 0 aliphatic heterocycles. The number of carboxylic acids is 1. The highest BCUT2D eigenvalue weighted by Crippen LogP contribution is 2.23. The summed E-state index contributed by atoms with van der Waals surface area (Å²) < 4.78 is 3.49. The van der Waals surface area contributed by atoms with Crippen molar-refractivity contribution in [3.05, 3.63) is 45.0 Å². The van der Waals surface area contributed by atoms with Gasteiger partial charge in [-0.1, -0.05) is 4.49 Å². The van der Waals surface area contributed by atoms with Gasteiger partial charge < -0.3 is 10.4 Å². The fourth-order valence-corrected chi connectivity index (χ4v) is 1.82. The summed E-state index contributed by atoms with van der Waals surface area (Å²) in [5.74, 6) is -2.01. The first-order valence-electron chi connectivity index (χ1n) is 5.09. The summed E-state index contributed by atoms with van der Waals surface area (Å²) in [5, 5.41) is 26.8. The van der Waals surface area contributed by atoms with E-state index in [9.17, 15) is 19.7 Å². The minimum atomic E-state index is -1.31. The van der Waals surface area contributed by atoms with Crippen LogP contribution in [0.15, 0.2) is 23.6 Å². The highest BCUT2D eigenvalue weighted by atomic mass is 32.1. The lowest BCUT2D eigenvalue weighted by molar-refractivity contribution is -0.384. The van der Waals surface area contributed by atoms with Crippen molar-refractivity contribution in [2.45, 2.75) is 0 Å². The molecule has 2 N–H and O–H groups in total. The quantitative estimate of drug-likeness (QED) is 0.642. The zero-order valence-electron chi connectivity index (χ0n) is 9.64. The third-order valence-electron chi connectivity index (χ3n) is 2.29. The molecule has 1 aromatic heterocycles. The molecule has 1 heterocycles. The van der Waals surface area contributed by atoms with Gasteiger partial charge in [-0.3, -0.25) is 14.9 Å². The summed E-state index contributed by atoms with van der Waals surface area (Å²) in [6, 6.07) is 3.07. The van der Waals surface area contributed by atoms with E-state index in [-0.39, 0.29) is 22.6 Å². The van der Waals surface area contributed by atoms with Crippen LogP contribution in [0, 0.1) is 10.1 Å². The Balaban J connectivity index is 2.37. The Kier molecular flexibility index (Phi) is 3.66. The van der Waals surface area contributed by atoms with Crippen LogP contribution in [-0.2, 0) is 0 Å². The predicted octanol–water partition coefficient (Wildman–Crippen LogP) is 1.40. The number of non-ortho nitro benzene ring substituents is 1. The fraction of sp³-hybridized carbons (Fsp3) is 0. The van der Waals surface area contributed by atoms with Gasteiger partial charge in [0.25, 0.3) is 11.6 Å². The number of amides is 1. The van der Waals surface area contributed by atoms with E-state index in [4.69, 9.17) is 5.11 Å². The van der Waals surface area contributed by atoms with Crippen LogP contribution in [-0.4, -0.2) is 31.5 Å². The fourth-order valence-electron chi connectivity index (χ4n) is 1.39. The molecule has 0 aliphatic rings. The molecule has 9 nitrogen and oxygen atoms in total. The largest absolute Gasteiger partial charge is 0.478 e. The van der Waals surface area contributed by atoms with E-state index in [1.54, 1.807) is 0 Å². The van der Waals surface area contributed by atoms with Gasteiger partial charge in [-0.05, 0) is 17.6 Å². The van der Waals surface area contributed by atoms with Gasteiger partial charge in [0, 0.05) is 17.5 Å². The molecule has 10 heteroatoms. The summed E-state index contributed by atoms with van der Waals surface area (Å²) in [6.45, 7) is 0. The number of carbonyl (C=O) groups is 2. The molecule has 0 fully saturated rings. The average Bonchev–Trinajstić information content (AvgIpc) is 2.92. The van der Waals surface area contributed by atoms with Crippen LogP contribution in [0.1, 0.15) is 20.8 Å². The Morgan fingerprint density at radius 2 is 2.15 bits per heavy atom. The zero-order valence-corrected chi connectivity index (χ0v) is 10.5. The number of nitro benzene ring substituents is 1. The standard InChI is InChI=1S/C10H6N4O5S/c15-9(8-4-20-13-12-8)11-7-3-5(14(18)19)1-2-6(7)10(16)17/h1-4H,(H,11,15)(H,16,17). The molecular weight excluding hydrogens is 288 g/mol. The summed E-state index contributed by atoms with van der Waals surface area (Å²) in [6.07, 6.45) is 0. The third kappa shape index (κ3) is 2.75. The SMILES string of the molecule is O=C(Nc1cc([N+](=O)[O-])ccc1C(=O)O)c1csnn1. The summed E-state index contributed by atoms with van der Waals surface area (Å²) >= 11 is 0.951. The maximum Gasteiger partial charge on any atom is 0.337 e. The van der Waals surface area contributed by atoms with E-state index in [2.05, 4.69) is 14.9 Å². The second-order valence-electron chi connectivity index (χ2n) is 3.54. The molecule has 0 saturated carbocycles. The number of carbonyl (C=O) groups excluding carboxylic acids is 1. The van der Waals surface area contributed by atoms with Gasteiger partial charge in [-0.15, -0.1) is 5.10 Å². The number of rotatable bonds is 4. The molecule has 0 spiro atoms. The molecule has 2 rings (SSSR count). The van der Waals surface area contributed by atoms with Gasteiger partial charge in [-0.25, -0.2) is 4.79 Å². The van der Waals surface area contributed by atoms with Gasteiger partial charge in [0.2, 0.25) is 0 Å². The van der Waals surface area contributed by atoms with Crippen molar-refractivity contribution in [1.29, 1.82) is 0 Å². The van der Waals surface area contributed by atoms with Crippen molar-refractivity contribution >= 4 is 34.8 Å². The lowest BCUT2D eigenvalue weighted by Gasteiger charge is -2.06. The van der Waals surface area contributed by atoms with E-state index < -0.39 is 16.8 Å². The van der Waals surface area contributed by atoms with Crippen molar-refractivity contribution in [2.24, 2.45) is 0 Å². The number of anilines is 1. The van der Waals surface area contributed by atoms with Gasteiger partial charge in [0.1, 0.15) is 0 Å². The molecule has 0 bridgehead atoms. The van der Waals surface area contributed by atoms with E-state index in [1.165, 1.54) is 5.38 Å². The van der Waals surface area contributed by atoms with Crippen molar-refractivity contribution in [2.75, 3.05) is 5.32 Å². The first-order chi connectivity index (χ1) is 9.49. The Morgan fingerprint density at radius 1 is 1.40 bits per heavy atom. The summed E-state index contributed by atoms with van der Waals surface area (Å²) in [7, 11) is 0. The molecule has 0 atom stereocenters. The first-order valence-corrected chi connectivity index (χ1v) is 5.93. The number of nitrogens with one attached hydrogen (secondary N) is 1. The number of aromatic nitrogens is 2. The number of hydrogen-bond acceptors (Lipinski definition) is 7. The van der Waals surface area contributed by atoms with E-state index in [0.717, 1.165) is 29.7 Å². The number of aromatic carboxylic acids is 1. The molecule has 0 aliphatic carbocycles. The van der Waals surface area contributed by atoms with Gasteiger partial charge in [0.05, 0.1) is 16.2 Å². The second-order valence-corrected chi connectivity index (χ2v) is 4.15. The second kappa shape index (κ2) is 5.40. The van der Waals surface area contributed by atoms with Crippen LogP contribution in [0.5, 0.6) is 0 Å². The minimum Gasteiger partial charge on any atom is -0.478 e. The molecule has 1 amide bonds. The number of benzene rings is 1. The molecule has 0 saturated heterocycles. The van der Waals surface area contributed by atoms with E-state index >= 15 is 0 Å². The normalized spacial score (nSPS) is 10.0. The third-order valence-corrected chi connectivity index (χ3v) is 2.79. The Morgan fingerprint density at radius 3 is 2.70 bits per heavy atom. The van der Waals surface area contributed by atoms with Gasteiger partial charge in [-0.2, -0.15) is 0 Å². The zero-order chi connectivity index (χ0) is 14.7. The van der Waals surface area contributed by atoms with Crippen molar-refractivity contribution in [3.63, 3.8) is 0 Å². The predicted molar refractivity (Wildman–Crippen MR) is 67.9 cm³/mol.